The minimum Gasteiger partial charge on any atom is -0.494 e. The molecule has 0 unspecified atom stereocenters. The lowest BCUT2D eigenvalue weighted by Gasteiger charge is -2.06. The van der Waals surface area contributed by atoms with Crippen LogP contribution in [0, 0.1) is 0 Å². The lowest BCUT2D eigenvalue weighted by molar-refractivity contribution is -0.135. The van der Waals surface area contributed by atoms with Crippen LogP contribution in [0.2, 0.25) is 0 Å². The van der Waals surface area contributed by atoms with Crippen molar-refractivity contribution in [2.24, 2.45) is 5.16 Å². The summed E-state index contributed by atoms with van der Waals surface area (Å²) < 4.78 is 14.5. The first-order valence-corrected chi connectivity index (χ1v) is 7.39. The summed E-state index contributed by atoms with van der Waals surface area (Å²) in [6.45, 7) is 5.56. The normalized spacial score (nSPS) is 10.7. The Morgan fingerprint density at radius 2 is 1.54 bits per heavy atom. The van der Waals surface area contributed by atoms with E-state index in [1.807, 2.05) is 6.92 Å². The van der Waals surface area contributed by atoms with Gasteiger partial charge in [0.1, 0.15) is 5.75 Å². The minimum absolute atomic E-state index is 0.0355. The number of ketones is 1. The highest BCUT2D eigenvalue weighted by molar-refractivity contribution is 6.67. The second kappa shape index (κ2) is 9.98. The molecule has 1 rings (SSSR count). The molecule has 0 radical (unpaired) electrons. The van der Waals surface area contributed by atoms with E-state index in [2.05, 4.69) is 14.7 Å². The minimum atomic E-state index is -1.13. The molecule has 0 aromatic heterocycles. The molecular formula is C16H19NO7. The Balaban J connectivity index is 2.99. The van der Waals surface area contributed by atoms with E-state index in [4.69, 9.17) is 9.47 Å². The number of ether oxygens (including phenoxy) is 3. The molecule has 8 heteroatoms. The van der Waals surface area contributed by atoms with Crippen LogP contribution in [0.3, 0.4) is 0 Å². The predicted molar refractivity (Wildman–Crippen MR) is 84.1 cm³/mol. The first-order valence-electron chi connectivity index (χ1n) is 7.39. The Bertz CT molecular complexity index is 607. The zero-order valence-electron chi connectivity index (χ0n) is 13.7. The summed E-state index contributed by atoms with van der Waals surface area (Å²) in [5.41, 5.74) is -0.494. The molecule has 0 heterocycles. The molecule has 1 aromatic rings. The molecule has 0 saturated heterocycles. The molecule has 8 nitrogen and oxygen atoms in total. The van der Waals surface area contributed by atoms with Gasteiger partial charge in [0.25, 0.3) is 0 Å². The van der Waals surface area contributed by atoms with E-state index in [1.54, 1.807) is 26.0 Å². The van der Waals surface area contributed by atoms with Crippen molar-refractivity contribution in [2.45, 2.75) is 20.8 Å². The van der Waals surface area contributed by atoms with Gasteiger partial charge in [0.05, 0.1) is 19.8 Å². The van der Waals surface area contributed by atoms with Crippen LogP contribution < -0.4 is 4.74 Å². The molecule has 0 saturated carbocycles. The van der Waals surface area contributed by atoms with Crippen LogP contribution >= 0.6 is 0 Å². The highest BCUT2D eigenvalue weighted by Crippen LogP contribution is 2.13. The molecule has 24 heavy (non-hydrogen) atoms. The summed E-state index contributed by atoms with van der Waals surface area (Å²) in [5.74, 6) is -1.17. The lowest BCUT2D eigenvalue weighted by Crippen LogP contribution is -2.27. The van der Waals surface area contributed by atoms with E-state index >= 15 is 0 Å². The molecule has 0 spiro atoms. The molecule has 0 aliphatic carbocycles. The standard InChI is InChI=1S/C16H19NO7/c1-4-21-12-9-7-11(8-10-12)14(18)13(15(19)22-5-2)17-24-16(20)23-6-3/h7-10H,4-6H2,1-3H3. The SMILES string of the molecule is CCOC(=O)ON=C(C(=O)OCC)C(=O)c1ccc(OCC)cc1. The fourth-order valence-electron chi connectivity index (χ4n) is 1.60. The Kier molecular flexibility index (Phi) is 7.97. The molecule has 0 aliphatic rings. The molecule has 0 N–H and O–H groups in total. The molecular weight excluding hydrogens is 318 g/mol. The third kappa shape index (κ3) is 5.71. The van der Waals surface area contributed by atoms with E-state index < -0.39 is 23.6 Å². The smallest absolute Gasteiger partial charge is 0.494 e. The Morgan fingerprint density at radius 1 is 0.917 bits per heavy atom. The molecule has 0 bridgehead atoms. The summed E-state index contributed by atoms with van der Waals surface area (Å²) in [4.78, 5) is 39.8. The number of hydrogen-bond acceptors (Lipinski definition) is 8. The average molecular weight is 337 g/mol. The van der Waals surface area contributed by atoms with Gasteiger partial charge in [0.15, 0.2) is 0 Å². The summed E-state index contributed by atoms with van der Waals surface area (Å²) >= 11 is 0. The van der Waals surface area contributed by atoms with E-state index in [1.165, 1.54) is 12.1 Å². The van der Waals surface area contributed by atoms with Gasteiger partial charge < -0.3 is 14.2 Å². The zero-order valence-corrected chi connectivity index (χ0v) is 13.7. The van der Waals surface area contributed by atoms with Gasteiger partial charge in [-0.2, -0.15) is 0 Å². The van der Waals surface area contributed by atoms with Gasteiger partial charge >= 0.3 is 12.1 Å². The van der Waals surface area contributed by atoms with Crippen LogP contribution in [0.15, 0.2) is 29.4 Å². The highest BCUT2D eigenvalue weighted by atomic mass is 16.8. The predicted octanol–water partition coefficient (Wildman–Crippen LogP) is 2.36. The van der Waals surface area contributed by atoms with Gasteiger partial charge in [-0.25, -0.2) is 9.59 Å². The van der Waals surface area contributed by atoms with E-state index in [0.717, 1.165) is 0 Å². The number of Topliss-reactive ketones (excluding diaryl/α,β-unsaturated/α-hetero) is 1. The monoisotopic (exact) mass is 337 g/mol. The van der Waals surface area contributed by atoms with Crippen molar-refractivity contribution in [2.75, 3.05) is 19.8 Å². The van der Waals surface area contributed by atoms with Crippen molar-refractivity contribution >= 4 is 23.6 Å². The maximum atomic E-state index is 12.4. The van der Waals surface area contributed by atoms with E-state index in [0.29, 0.717) is 12.4 Å². The number of oxime groups is 1. The summed E-state index contributed by atoms with van der Waals surface area (Å²) in [5, 5.41) is 3.28. The Hall–Kier alpha value is -2.90. The van der Waals surface area contributed by atoms with Crippen LogP contribution in [0.1, 0.15) is 31.1 Å². The topological polar surface area (TPSA) is 100 Å². The van der Waals surface area contributed by atoms with Crippen LogP contribution in [0.5, 0.6) is 5.75 Å². The number of rotatable bonds is 8. The third-order valence-corrected chi connectivity index (χ3v) is 2.59. The van der Waals surface area contributed by atoms with Crippen molar-refractivity contribution < 1.29 is 33.4 Å². The van der Waals surface area contributed by atoms with Gasteiger partial charge in [-0.15, -0.1) is 0 Å². The van der Waals surface area contributed by atoms with Crippen LogP contribution in [-0.4, -0.2) is 43.4 Å². The molecule has 0 aliphatic heterocycles. The van der Waals surface area contributed by atoms with Crippen LogP contribution in [-0.2, 0) is 19.1 Å². The van der Waals surface area contributed by atoms with Gasteiger partial charge in [-0.3, -0.25) is 9.63 Å². The number of carbonyl (C=O) groups excluding carboxylic acids is 3. The first kappa shape index (κ1) is 19.1. The number of esters is 1. The Labute approximate surface area is 139 Å². The van der Waals surface area contributed by atoms with Gasteiger partial charge in [-0.1, -0.05) is 5.16 Å². The fraction of sp³-hybridized carbons (Fsp3) is 0.375. The molecule has 0 atom stereocenters. The van der Waals surface area contributed by atoms with Crippen LogP contribution in [0.25, 0.3) is 0 Å². The molecule has 1 aromatic carbocycles. The van der Waals surface area contributed by atoms with Crippen molar-refractivity contribution in [3.8, 4) is 5.75 Å². The molecule has 0 amide bonds. The fourth-order valence-corrected chi connectivity index (χ4v) is 1.60. The first-order chi connectivity index (χ1) is 11.5. The molecule has 130 valence electrons. The summed E-state index contributed by atoms with van der Waals surface area (Å²) in [6, 6.07) is 6.08. The maximum Gasteiger partial charge on any atom is 0.535 e. The number of nitrogens with zero attached hydrogens (tertiary/aromatic N) is 1. The zero-order chi connectivity index (χ0) is 17.9. The lowest BCUT2D eigenvalue weighted by atomic mass is 10.1. The van der Waals surface area contributed by atoms with Crippen LogP contribution in [0.4, 0.5) is 4.79 Å². The van der Waals surface area contributed by atoms with Gasteiger partial charge in [0.2, 0.25) is 11.5 Å². The van der Waals surface area contributed by atoms with Crippen molar-refractivity contribution in [1.29, 1.82) is 0 Å². The second-order valence-electron chi connectivity index (χ2n) is 4.22. The molecule has 0 fully saturated rings. The third-order valence-electron chi connectivity index (χ3n) is 2.59. The number of hydrogen-bond donors (Lipinski definition) is 0. The number of carbonyl (C=O) groups is 3. The van der Waals surface area contributed by atoms with E-state index in [9.17, 15) is 14.4 Å². The largest absolute Gasteiger partial charge is 0.535 e. The van der Waals surface area contributed by atoms with Crippen molar-refractivity contribution in [1.82, 2.24) is 0 Å². The second-order valence-corrected chi connectivity index (χ2v) is 4.22. The van der Waals surface area contributed by atoms with Crippen molar-refractivity contribution in [3.05, 3.63) is 29.8 Å². The average Bonchev–Trinajstić information content (AvgIpc) is 2.56. The Morgan fingerprint density at radius 3 is 2.08 bits per heavy atom. The number of benzene rings is 1. The quantitative estimate of drug-likeness (QED) is 0.179. The summed E-state index contributed by atoms with van der Waals surface area (Å²) in [6.07, 6.45) is -1.13. The summed E-state index contributed by atoms with van der Waals surface area (Å²) in [7, 11) is 0. The van der Waals surface area contributed by atoms with E-state index in [-0.39, 0.29) is 18.8 Å². The van der Waals surface area contributed by atoms with Gasteiger partial charge in [-0.05, 0) is 45.0 Å². The van der Waals surface area contributed by atoms with Crippen molar-refractivity contribution in [3.63, 3.8) is 0 Å². The maximum absolute atomic E-state index is 12.4. The highest BCUT2D eigenvalue weighted by Gasteiger charge is 2.25. The van der Waals surface area contributed by atoms with Gasteiger partial charge in [0, 0.05) is 5.56 Å².